The zero-order chi connectivity index (χ0) is 23.4. The molecule has 0 saturated carbocycles. The van der Waals surface area contributed by atoms with Gasteiger partial charge < -0.3 is 10.1 Å². The molecule has 8 nitrogen and oxygen atoms in total. The molecule has 3 N–H and O–H groups in total. The Morgan fingerprint density at radius 2 is 1.79 bits per heavy atom. The summed E-state index contributed by atoms with van der Waals surface area (Å²) in [5.41, 5.74) is 3.86. The molecule has 1 aliphatic rings. The predicted octanol–water partition coefficient (Wildman–Crippen LogP) is 3.27. The Morgan fingerprint density at radius 1 is 1.09 bits per heavy atom. The number of aromatic nitrogens is 2. The Labute approximate surface area is 195 Å². The molecule has 1 aromatic heterocycles. The van der Waals surface area contributed by atoms with Gasteiger partial charge in [-0.05, 0) is 50.2 Å². The Hall–Kier alpha value is -3.27. The van der Waals surface area contributed by atoms with Gasteiger partial charge in [0.15, 0.2) is 0 Å². The van der Waals surface area contributed by atoms with Gasteiger partial charge in [-0.15, -0.1) is 0 Å². The minimum Gasteiger partial charge on any atom is -0.419 e. The van der Waals surface area contributed by atoms with Crippen LogP contribution in [-0.4, -0.2) is 50.4 Å². The lowest BCUT2D eigenvalue weighted by Crippen LogP contribution is -2.38. The topological polar surface area (TPSA) is 115 Å². The van der Waals surface area contributed by atoms with Gasteiger partial charge in [-0.2, -0.15) is 0 Å². The fourth-order valence-electron chi connectivity index (χ4n) is 3.34. The summed E-state index contributed by atoms with van der Waals surface area (Å²) in [5.74, 6) is -0.359. The van der Waals surface area contributed by atoms with Crippen molar-refractivity contribution in [2.45, 2.75) is 24.8 Å². The SMILES string of the molecule is CNCc1ccc(C(=N)OC(=N)c2nc(-c3ccc(S(=O)N4CCC4)cc3)cnc2C)cc1. The Bertz CT molecular complexity index is 1190. The molecule has 0 radical (unpaired) electrons. The first kappa shape index (κ1) is 22.9. The lowest BCUT2D eigenvalue weighted by Gasteiger charge is -2.28. The predicted molar refractivity (Wildman–Crippen MR) is 129 cm³/mol. The zero-order valence-electron chi connectivity index (χ0n) is 18.6. The van der Waals surface area contributed by atoms with Crippen LogP contribution < -0.4 is 5.32 Å². The largest absolute Gasteiger partial charge is 0.419 e. The van der Waals surface area contributed by atoms with E-state index in [1.54, 1.807) is 25.3 Å². The van der Waals surface area contributed by atoms with Gasteiger partial charge in [0.05, 0.1) is 22.5 Å². The third-order valence-corrected chi connectivity index (χ3v) is 6.88. The van der Waals surface area contributed by atoms with Crippen LogP contribution in [0.5, 0.6) is 0 Å². The van der Waals surface area contributed by atoms with Crippen molar-refractivity contribution in [1.82, 2.24) is 19.6 Å². The highest BCUT2D eigenvalue weighted by Gasteiger charge is 2.21. The van der Waals surface area contributed by atoms with Crippen molar-refractivity contribution in [3.63, 3.8) is 0 Å². The first-order chi connectivity index (χ1) is 16.0. The van der Waals surface area contributed by atoms with Crippen LogP contribution in [-0.2, 0) is 22.3 Å². The first-order valence-corrected chi connectivity index (χ1v) is 11.8. The highest BCUT2D eigenvalue weighted by molar-refractivity contribution is 7.82. The van der Waals surface area contributed by atoms with Crippen LogP contribution in [0.3, 0.4) is 0 Å². The normalized spacial score (nSPS) is 14.4. The van der Waals surface area contributed by atoms with E-state index in [1.807, 2.05) is 47.8 Å². The van der Waals surface area contributed by atoms with Gasteiger partial charge in [0.1, 0.15) is 16.7 Å². The van der Waals surface area contributed by atoms with Crippen molar-refractivity contribution in [2.24, 2.45) is 0 Å². The van der Waals surface area contributed by atoms with Gasteiger partial charge in [0, 0.05) is 30.8 Å². The van der Waals surface area contributed by atoms with Crippen LogP contribution in [0.1, 0.15) is 28.9 Å². The van der Waals surface area contributed by atoms with E-state index in [9.17, 15) is 4.21 Å². The molecular formula is C24H26N6O2S. The van der Waals surface area contributed by atoms with Gasteiger partial charge in [0.2, 0.25) is 11.8 Å². The van der Waals surface area contributed by atoms with Gasteiger partial charge in [-0.3, -0.25) is 15.8 Å². The molecule has 33 heavy (non-hydrogen) atoms. The first-order valence-electron chi connectivity index (χ1n) is 10.7. The maximum absolute atomic E-state index is 12.5. The number of hydrogen-bond donors (Lipinski definition) is 3. The minimum absolute atomic E-state index is 0.125. The van der Waals surface area contributed by atoms with Gasteiger partial charge in [-0.25, -0.2) is 13.5 Å². The van der Waals surface area contributed by atoms with Crippen LogP contribution in [0.15, 0.2) is 59.6 Å². The molecule has 1 saturated heterocycles. The van der Waals surface area contributed by atoms with E-state index < -0.39 is 11.0 Å². The lowest BCUT2D eigenvalue weighted by atomic mass is 10.1. The van der Waals surface area contributed by atoms with Crippen molar-refractivity contribution in [1.29, 1.82) is 10.8 Å². The van der Waals surface area contributed by atoms with Gasteiger partial charge in [-0.1, -0.05) is 24.3 Å². The second kappa shape index (κ2) is 10.1. The number of hydrogen-bond acceptors (Lipinski definition) is 7. The summed E-state index contributed by atoms with van der Waals surface area (Å²) in [6.45, 7) is 4.21. The Kier molecular flexibility index (Phi) is 7.02. The maximum atomic E-state index is 12.5. The number of nitrogens with one attached hydrogen (secondary N) is 3. The molecule has 2 aromatic carbocycles. The van der Waals surface area contributed by atoms with E-state index in [0.717, 1.165) is 42.1 Å². The number of rotatable bonds is 7. The standard InChI is InChI=1S/C24H26N6O2S/c1-16-22(24(26)32-23(25)19-6-4-17(5-7-19)14-27-2)29-21(15-28-16)18-8-10-20(11-9-18)33(31)30-12-3-13-30/h4-11,15,25-27H,3,12-14H2,1-2H3. The summed E-state index contributed by atoms with van der Waals surface area (Å²) in [6, 6.07) is 14.8. The Balaban J connectivity index is 1.48. The smallest absolute Gasteiger partial charge is 0.241 e. The average Bonchev–Trinajstić information content (AvgIpc) is 2.79. The second-order valence-electron chi connectivity index (χ2n) is 7.73. The zero-order valence-corrected chi connectivity index (χ0v) is 19.4. The van der Waals surface area contributed by atoms with Gasteiger partial charge >= 0.3 is 0 Å². The fraction of sp³-hybridized carbons (Fsp3) is 0.250. The van der Waals surface area contributed by atoms with Crippen molar-refractivity contribution in [2.75, 3.05) is 20.1 Å². The highest BCUT2D eigenvalue weighted by atomic mass is 32.2. The minimum atomic E-state index is -1.13. The molecular weight excluding hydrogens is 436 g/mol. The summed E-state index contributed by atoms with van der Waals surface area (Å²) in [7, 11) is 0.742. The number of aryl methyl sites for hydroxylation is 1. The third-order valence-electron chi connectivity index (χ3n) is 5.37. The van der Waals surface area contributed by atoms with E-state index in [2.05, 4.69) is 15.3 Å². The molecule has 9 heteroatoms. The van der Waals surface area contributed by atoms with Crippen LogP contribution in [0.25, 0.3) is 11.3 Å². The van der Waals surface area contributed by atoms with Crippen molar-refractivity contribution >= 4 is 22.8 Å². The third kappa shape index (κ3) is 5.22. The molecule has 1 atom stereocenters. The molecule has 0 aliphatic carbocycles. The Morgan fingerprint density at radius 3 is 2.39 bits per heavy atom. The van der Waals surface area contributed by atoms with Crippen molar-refractivity contribution in [3.8, 4) is 11.3 Å². The van der Waals surface area contributed by atoms with Crippen LogP contribution in [0.4, 0.5) is 0 Å². The highest BCUT2D eigenvalue weighted by Crippen LogP contribution is 2.22. The molecule has 2 heterocycles. The summed E-state index contributed by atoms with van der Waals surface area (Å²) in [5, 5.41) is 19.7. The number of ether oxygens (including phenoxy) is 1. The maximum Gasteiger partial charge on any atom is 0.241 e. The van der Waals surface area contributed by atoms with Crippen LogP contribution in [0.2, 0.25) is 0 Å². The molecule has 0 amide bonds. The van der Waals surface area contributed by atoms with Crippen molar-refractivity contribution < 1.29 is 8.95 Å². The number of benzene rings is 2. The van der Waals surface area contributed by atoms with E-state index in [4.69, 9.17) is 15.6 Å². The van der Waals surface area contributed by atoms with E-state index in [-0.39, 0.29) is 17.5 Å². The molecule has 1 unspecified atom stereocenters. The second-order valence-corrected chi connectivity index (χ2v) is 9.22. The summed E-state index contributed by atoms with van der Waals surface area (Å²) in [4.78, 5) is 9.68. The summed E-state index contributed by atoms with van der Waals surface area (Å²) < 4.78 is 19.9. The molecule has 0 spiro atoms. The van der Waals surface area contributed by atoms with E-state index in [1.165, 1.54) is 0 Å². The summed E-state index contributed by atoms with van der Waals surface area (Å²) in [6.07, 6.45) is 2.72. The van der Waals surface area contributed by atoms with Gasteiger partial charge in [0.25, 0.3) is 0 Å². The van der Waals surface area contributed by atoms with Crippen LogP contribution in [0, 0.1) is 17.7 Å². The molecule has 4 rings (SSSR count). The summed E-state index contributed by atoms with van der Waals surface area (Å²) >= 11 is 0. The molecule has 1 fully saturated rings. The van der Waals surface area contributed by atoms with Crippen molar-refractivity contribution in [3.05, 3.63) is 77.2 Å². The fourth-order valence-corrected chi connectivity index (χ4v) is 4.59. The molecule has 1 aliphatic heterocycles. The van der Waals surface area contributed by atoms with Crippen LogP contribution >= 0.6 is 0 Å². The van der Waals surface area contributed by atoms with E-state index in [0.29, 0.717) is 17.0 Å². The molecule has 3 aromatic rings. The molecule has 0 bridgehead atoms. The van der Waals surface area contributed by atoms with E-state index >= 15 is 0 Å². The number of nitrogens with zero attached hydrogens (tertiary/aromatic N) is 3. The molecule has 170 valence electrons. The lowest BCUT2D eigenvalue weighted by molar-refractivity contribution is 0.328. The average molecular weight is 463 g/mol. The quantitative estimate of drug-likeness (QED) is 0.368. The monoisotopic (exact) mass is 462 g/mol.